The van der Waals surface area contributed by atoms with E-state index in [1.165, 1.54) is 0 Å². The number of nitrogens with one attached hydrogen (secondary N) is 2. The second-order valence-electron chi connectivity index (χ2n) is 11.8. The van der Waals surface area contributed by atoms with Gasteiger partial charge in [-0.25, -0.2) is 9.59 Å². The zero-order valence-electron chi connectivity index (χ0n) is 23.9. The molecule has 9 nitrogen and oxygen atoms in total. The highest BCUT2D eigenvalue weighted by Gasteiger charge is 2.46. The van der Waals surface area contributed by atoms with E-state index >= 15 is 0 Å². The van der Waals surface area contributed by atoms with Gasteiger partial charge < -0.3 is 25.4 Å². The van der Waals surface area contributed by atoms with Crippen LogP contribution in [0.1, 0.15) is 79.7 Å². The lowest BCUT2D eigenvalue weighted by Crippen LogP contribution is -2.59. The monoisotopic (exact) mass is 531 g/mol. The average molecular weight is 532 g/mol. The maximum absolute atomic E-state index is 14.0. The number of benzene rings is 1. The van der Waals surface area contributed by atoms with E-state index in [1.54, 1.807) is 4.90 Å². The van der Waals surface area contributed by atoms with Crippen molar-refractivity contribution in [2.45, 2.75) is 97.2 Å². The first-order valence-corrected chi connectivity index (χ1v) is 13.6. The van der Waals surface area contributed by atoms with Gasteiger partial charge >= 0.3 is 12.1 Å². The summed E-state index contributed by atoms with van der Waals surface area (Å²) >= 11 is 0. The van der Waals surface area contributed by atoms with Crippen molar-refractivity contribution >= 4 is 23.9 Å². The molecule has 9 heteroatoms. The Balaban J connectivity index is 2.30. The van der Waals surface area contributed by atoms with Crippen molar-refractivity contribution < 1.29 is 29.0 Å². The minimum absolute atomic E-state index is 0.0737. The minimum atomic E-state index is -1.10. The molecule has 3 amide bonds. The number of likely N-dealkylation sites (tertiary alicyclic amines) is 1. The molecule has 0 saturated carbocycles. The van der Waals surface area contributed by atoms with Crippen molar-refractivity contribution in [3.63, 3.8) is 0 Å². The summed E-state index contributed by atoms with van der Waals surface area (Å²) in [6, 6.07) is 7.46. The molecule has 1 aromatic rings. The van der Waals surface area contributed by atoms with Crippen LogP contribution in [0, 0.1) is 11.8 Å². The van der Waals surface area contributed by atoms with Crippen LogP contribution in [0.25, 0.3) is 0 Å². The number of carbonyl (C=O) groups excluding carboxylic acids is 3. The summed E-state index contributed by atoms with van der Waals surface area (Å²) in [7, 11) is 0. The summed E-state index contributed by atoms with van der Waals surface area (Å²) in [5.41, 5.74) is -0.758. The van der Waals surface area contributed by atoms with Crippen LogP contribution in [0.5, 0.6) is 0 Å². The normalized spacial score (nSPS) is 17.7. The zero-order valence-corrected chi connectivity index (χ0v) is 23.9. The van der Waals surface area contributed by atoms with Gasteiger partial charge in [-0.05, 0) is 57.4 Å². The number of ether oxygens (including phenoxy) is 1. The molecular formula is C29H45N3O6. The minimum Gasteiger partial charge on any atom is -0.480 e. The number of carboxylic acid groups (broad SMARTS) is 1. The summed E-state index contributed by atoms with van der Waals surface area (Å²) in [4.78, 5) is 53.4. The summed E-state index contributed by atoms with van der Waals surface area (Å²) in [5.74, 6) is -2.05. The number of hydrogen-bond donors (Lipinski definition) is 3. The molecule has 1 heterocycles. The fourth-order valence-electron chi connectivity index (χ4n) is 4.74. The van der Waals surface area contributed by atoms with E-state index in [2.05, 4.69) is 10.6 Å². The van der Waals surface area contributed by atoms with Crippen molar-refractivity contribution in [3.05, 3.63) is 35.9 Å². The van der Waals surface area contributed by atoms with Crippen LogP contribution < -0.4 is 10.6 Å². The van der Waals surface area contributed by atoms with Gasteiger partial charge in [-0.3, -0.25) is 9.59 Å². The zero-order chi connectivity index (χ0) is 28.7. The van der Waals surface area contributed by atoms with Crippen molar-refractivity contribution in [2.75, 3.05) is 13.1 Å². The van der Waals surface area contributed by atoms with Crippen molar-refractivity contribution in [1.29, 1.82) is 0 Å². The van der Waals surface area contributed by atoms with E-state index in [4.69, 9.17) is 4.74 Å². The Morgan fingerprint density at radius 1 is 1.03 bits per heavy atom. The van der Waals surface area contributed by atoms with Gasteiger partial charge in [0, 0.05) is 13.1 Å². The van der Waals surface area contributed by atoms with E-state index in [9.17, 15) is 24.3 Å². The molecule has 0 aliphatic carbocycles. The molecule has 0 unspecified atom stereocenters. The van der Waals surface area contributed by atoms with Gasteiger partial charge in [0.15, 0.2) is 0 Å². The van der Waals surface area contributed by atoms with Crippen LogP contribution in [0.3, 0.4) is 0 Å². The molecule has 1 fully saturated rings. The molecule has 0 aromatic heterocycles. The van der Waals surface area contributed by atoms with Gasteiger partial charge in [0.25, 0.3) is 0 Å². The van der Waals surface area contributed by atoms with Gasteiger partial charge in [-0.15, -0.1) is 0 Å². The molecule has 3 N–H and O–H groups in total. The van der Waals surface area contributed by atoms with Crippen molar-refractivity contribution in [3.8, 4) is 0 Å². The van der Waals surface area contributed by atoms with Crippen LogP contribution >= 0.6 is 0 Å². The highest BCUT2D eigenvalue weighted by atomic mass is 16.6. The van der Waals surface area contributed by atoms with E-state index in [-0.39, 0.29) is 24.2 Å². The third kappa shape index (κ3) is 8.20. The van der Waals surface area contributed by atoms with Gasteiger partial charge in [0.1, 0.15) is 17.7 Å². The Bertz CT molecular complexity index is 964. The smallest absolute Gasteiger partial charge is 0.410 e. The molecule has 1 aromatic carbocycles. The first-order chi connectivity index (χ1) is 17.7. The van der Waals surface area contributed by atoms with Crippen molar-refractivity contribution in [1.82, 2.24) is 15.5 Å². The first-order valence-electron chi connectivity index (χ1n) is 13.6. The Morgan fingerprint density at radius 2 is 1.61 bits per heavy atom. The Kier molecular flexibility index (Phi) is 10.7. The third-order valence-corrected chi connectivity index (χ3v) is 7.13. The highest BCUT2D eigenvalue weighted by molar-refractivity contribution is 5.94. The molecule has 1 aliphatic heterocycles. The lowest BCUT2D eigenvalue weighted by molar-refractivity contribution is -0.143. The summed E-state index contributed by atoms with van der Waals surface area (Å²) < 4.78 is 5.52. The number of carbonyl (C=O) groups is 4. The standard InChI is InChI=1S/C29H45N3O6/c1-8-20(4)23(24(33)30-22(25(34)35)18-19(2)3)31-26(36)29(21-12-10-9-11-13-21)14-16-32(17-15-29)27(37)38-28(5,6)7/h9-13,19-20,22-23H,8,14-18H2,1-7H3,(H,30,33)(H,31,36)(H,34,35)/t20-,22+,23-/m0/s1. The molecular weight excluding hydrogens is 486 g/mol. The molecule has 2 rings (SSSR count). The maximum atomic E-state index is 14.0. The summed E-state index contributed by atoms with van der Waals surface area (Å²) in [6.45, 7) is 13.7. The molecule has 0 bridgehead atoms. The quantitative estimate of drug-likeness (QED) is 0.417. The second-order valence-corrected chi connectivity index (χ2v) is 11.8. The Hall–Kier alpha value is -3.10. The molecule has 0 radical (unpaired) electrons. The van der Waals surface area contributed by atoms with Crippen LogP contribution in [0.15, 0.2) is 30.3 Å². The lowest BCUT2D eigenvalue weighted by atomic mass is 9.71. The van der Waals surface area contributed by atoms with Crippen LogP contribution in [-0.4, -0.2) is 64.7 Å². The number of amides is 3. The SMILES string of the molecule is CC[C@H](C)[C@H](NC(=O)C1(c2ccccc2)CCN(C(=O)OC(C)(C)C)CC1)C(=O)N[C@H](CC(C)C)C(=O)O. The largest absolute Gasteiger partial charge is 0.480 e. The van der Waals surface area contributed by atoms with E-state index in [0.717, 1.165) is 5.56 Å². The van der Waals surface area contributed by atoms with Gasteiger partial charge in [-0.2, -0.15) is 0 Å². The van der Waals surface area contributed by atoms with Gasteiger partial charge in [-0.1, -0.05) is 64.4 Å². The number of carboxylic acids is 1. The molecule has 1 aliphatic rings. The van der Waals surface area contributed by atoms with Gasteiger partial charge in [0.05, 0.1) is 5.41 Å². The number of aliphatic carboxylic acids is 1. The predicted molar refractivity (Wildman–Crippen MR) is 146 cm³/mol. The maximum Gasteiger partial charge on any atom is 0.410 e. The van der Waals surface area contributed by atoms with E-state index < -0.39 is 41.1 Å². The number of piperidine rings is 1. The third-order valence-electron chi connectivity index (χ3n) is 7.13. The first kappa shape index (κ1) is 31.1. The molecule has 1 saturated heterocycles. The van der Waals surface area contributed by atoms with Crippen LogP contribution in [0.4, 0.5) is 4.79 Å². The topological polar surface area (TPSA) is 125 Å². The fraction of sp³-hybridized carbons (Fsp3) is 0.655. The number of hydrogen-bond acceptors (Lipinski definition) is 5. The molecule has 3 atom stereocenters. The summed E-state index contributed by atoms with van der Waals surface area (Å²) in [5, 5.41) is 15.2. The number of nitrogens with zero attached hydrogens (tertiary/aromatic N) is 1. The van der Waals surface area contributed by atoms with Crippen molar-refractivity contribution in [2.24, 2.45) is 11.8 Å². The lowest BCUT2D eigenvalue weighted by Gasteiger charge is -2.42. The predicted octanol–water partition coefficient (Wildman–Crippen LogP) is 4.10. The number of rotatable bonds is 10. The highest BCUT2D eigenvalue weighted by Crippen LogP contribution is 2.37. The van der Waals surface area contributed by atoms with Gasteiger partial charge in [0.2, 0.25) is 11.8 Å². The molecule has 212 valence electrons. The Labute approximate surface area is 226 Å². The molecule has 38 heavy (non-hydrogen) atoms. The van der Waals surface area contributed by atoms with E-state index in [0.29, 0.717) is 32.4 Å². The second kappa shape index (κ2) is 13.1. The van der Waals surface area contributed by atoms with E-state index in [1.807, 2.05) is 78.8 Å². The molecule has 0 spiro atoms. The van der Waals surface area contributed by atoms with Crippen LogP contribution in [0.2, 0.25) is 0 Å². The fourth-order valence-corrected chi connectivity index (χ4v) is 4.74. The average Bonchev–Trinajstić information content (AvgIpc) is 2.85. The summed E-state index contributed by atoms with van der Waals surface area (Å²) in [6.07, 6.45) is 1.22. The van der Waals surface area contributed by atoms with Crippen LogP contribution in [-0.2, 0) is 24.5 Å². The Morgan fingerprint density at radius 3 is 2.08 bits per heavy atom.